The molecule has 1 heterocycles. The summed E-state index contributed by atoms with van der Waals surface area (Å²) in [4.78, 5) is 0. The van der Waals surface area contributed by atoms with Crippen LogP contribution in [0, 0.1) is 6.92 Å². The summed E-state index contributed by atoms with van der Waals surface area (Å²) in [6, 6.07) is 5.33. The van der Waals surface area contributed by atoms with Crippen molar-refractivity contribution in [3.63, 3.8) is 0 Å². The van der Waals surface area contributed by atoms with Crippen LogP contribution >= 0.6 is 22.3 Å². The molecule has 0 bridgehead atoms. The van der Waals surface area contributed by atoms with E-state index < -0.39 is 14.6 Å². The first-order valence-corrected chi connectivity index (χ1v) is 8.87. The number of halogens is 2. The molecule has 0 spiro atoms. The quantitative estimate of drug-likeness (QED) is 0.778. The highest BCUT2D eigenvalue weighted by atomic mass is 35.7. The van der Waals surface area contributed by atoms with E-state index in [0.717, 1.165) is 11.1 Å². The smallest absolute Gasteiger partial charge is 0.291 e. The maximum absolute atomic E-state index is 11.7. The van der Waals surface area contributed by atoms with Crippen molar-refractivity contribution in [1.82, 2.24) is 14.8 Å². The second-order valence-electron chi connectivity index (χ2n) is 5.71. The van der Waals surface area contributed by atoms with Gasteiger partial charge in [0.15, 0.2) is 5.82 Å². The van der Waals surface area contributed by atoms with Gasteiger partial charge < -0.3 is 0 Å². The Labute approximate surface area is 133 Å². The third-order valence-corrected chi connectivity index (χ3v) is 4.31. The predicted molar refractivity (Wildman–Crippen MR) is 83.2 cm³/mol. The lowest BCUT2D eigenvalue weighted by atomic mass is 10.1. The fourth-order valence-electron chi connectivity index (χ4n) is 2.04. The van der Waals surface area contributed by atoms with Gasteiger partial charge in [0.1, 0.15) is 0 Å². The van der Waals surface area contributed by atoms with E-state index in [1.807, 2.05) is 33.8 Å². The Hall–Kier alpha value is -1.11. The van der Waals surface area contributed by atoms with Crippen LogP contribution in [-0.2, 0) is 14.6 Å². The number of hydrogen-bond donors (Lipinski definition) is 0. The van der Waals surface area contributed by atoms with Crippen molar-refractivity contribution in [1.29, 1.82) is 0 Å². The number of benzene rings is 1. The van der Waals surface area contributed by atoms with Gasteiger partial charge in [-0.05, 0) is 45.4 Å². The van der Waals surface area contributed by atoms with Crippen molar-refractivity contribution in [3.8, 4) is 11.4 Å². The Morgan fingerprint density at radius 1 is 1.19 bits per heavy atom. The molecule has 0 atom stereocenters. The van der Waals surface area contributed by atoms with Gasteiger partial charge >= 0.3 is 0 Å². The third kappa shape index (κ3) is 3.22. The molecule has 1 aromatic heterocycles. The molecule has 0 radical (unpaired) electrons. The SMILES string of the molecule is Cc1ccc(Cl)cc1-c1nnc(S(=O)(=O)Cl)n1C(C)(C)C. The number of aromatic nitrogens is 3. The zero-order valence-electron chi connectivity index (χ0n) is 12.1. The Balaban J connectivity index is 2.83. The first kappa shape index (κ1) is 16.3. The van der Waals surface area contributed by atoms with Gasteiger partial charge in [0.2, 0.25) is 0 Å². The van der Waals surface area contributed by atoms with Crippen LogP contribution in [0.25, 0.3) is 11.4 Å². The molecule has 0 N–H and O–H groups in total. The highest BCUT2D eigenvalue weighted by molar-refractivity contribution is 8.13. The molecule has 0 unspecified atom stereocenters. The standard InChI is InChI=1S/C13H15Cl2N3O2S/c1-8-5-6-9(14)7-10(8)11-16-17-12(21(15,19)20)18(11)13(2,3)4/h5-7H,1-4H3. The van der Waals surface area contributed by atoms with Gasteiger partial charge in [0, 0.05) is 26.8 Å². The monoisotopic (exact) mass is 347 g/mol. The summed E-state index contributed by atoms with van der Waals surface area (Å²) >= 11 is 6.03. The molecule has 114 valence electrons. The Bertz CT molecular complexity index is 792. The molecule has 1 aromatic carbocycles. The average Bonchev–Trinajstić information content (AvgIpc) is 2.76. The van der Waals surface area contributed by atoms with Crippen molar-refractivity contribution < 1.29 is 8.42 Å². The maximum atomic E-state index is 11.7. The summed E-state index contributed by atoms with van der Waals surface area (Å²) in [6.45, 7) is 7.45. The molecule has 0 aliphatic rings. The summed E-state index contributed by atoms with van der Waals surface area (Å²) < 4.78 is 24.9. The number of rotatable bonds is 2. The fraction of sp³-hybridized carbons (Fsp3) is 0.385. The van der Waals surface area contributed by atoms with Crippen LogP contribution in [0.3, 0.4) is 0 Å². The van der Waals surface area contributed by atoms with E-state index in [1.54, 1.807) is 12.1 Å². The molecule has 0 saturated carbocycles. The average molecular weight is 348 g/mol. The molecular formula is C13H15Cl2N3O2S. The Morgan fingerprint density at radius 2 is 1.81 bits per heavy atom. The summed E-state index contributed by atoms with van der Waals surface area (Å²) in [6.07, 6.45) is 0. The van der Waals surface area contributed by atoms with E-state index in [-0.39, 0.29) is 5.16 Å². The molecule has 0 aliphatic heterocycles. The highest BCUT2D eigenvalue weighted by Gasteiger charge is 2.30. The number of nitrogens with zero attached hydrogens (tertiary/aromatic N) is 3. The Kier molecular flexibility index (Phi) is 4.08. The molecule has 0 fully saturated rings. The topological polar surface area (TPSA) is 64.8 Å². The molecule has 2 aromatic rings. The summed E-state index contributed by atoms with van der Waals surface area (Å²) in [5, 5.41) is 8.03. The van der Waals surface area contributed by atoms with Crippen LogP contribution in [0.1, 0.15) is 26.3 Å². The first-order chi connectivity index (χ1) is 9.51. The molecule has 8 heteroatoms. The van der Waals surface area contributed by atoms with E-state index in [0.29, 0.717) is 10.8 Å². The third-order valence-electron chi connectivity index (χ3n) is 2.96. The van der Waals surface area contributed by atoms with Crippen molar-refractivity contribution in [3.05, 3.63) is 28.8 Å². The normalized spacial score (nSPS) is 12.7. The van der Waals surface area contributed by atoms with Crippen LogP contribution in [-0.4, -0.2) is 23.2 Å². The predicted octanol–water partition coefficient (Wildman–Crippen LogP) is 3.59. The lowest BCUT2D eigenvalue weighted by Crippen LogP contribution is -2.26. The van der Waals surface area contributed by atoms with Crippen molar-refractivity contribution in [2.45, 2.75) is 38.4 Å². The van der Waals surface area contributed by atoms with Gasteiger partial charge in [-0.3, -0.25) is 4.57 Å². The molecule has 0 saturated heterocycles. The van der Waals surface area contributed by atoms with Crippen LogP contribution < -0.4 is 0 Å². The number of aryl methyl sites for hydroxylation is 1. The minimum absolute atomic E-state index is 0.272. The summed E-state index contributed by atoms with van der Waals surface area (Å²) in [5.41, 5.74) is 1.07. The van der Waals surface area contributed by atoms with Crippen LogP contribution in [0.15, 0.2) is 23.4 Å². The van der Waals surface area contributed by atoms with E-state index in [4.69, 9.17) is 22.3 Å². The summed E-state index contributed by atoms with van der Waals surface area (Å²) in [7, 11) is 1.47. The molecule has 2 rings (SSSR count). The lowest BCUT2D eigenvalue weighted by molar-refractivity contribution is 0.367. The zero-order valence-corrected chi connectivity index (χ0v) is 14.4. The Morgan fingerprint density at radius 3 is 2.33 bits per heavy atom. The van der Waals surface area contributed by atoms with Crippen LogP contribution in [0.2, 0.25) is 5.02 Å². The van der Waals surface area contributed by atoms with Crippen LogP contribution in [0.4, 0.5) is 0 Å². The minimum Gasteiger partial charge on any atom is -0.291 e. The van der Waals surface area contributed by atoms with Gasteiger partial charge in [-0.15, -0.1) is 10.2 Å². The molecule has 0 aliphatic carbocycles. The van der Waals surface area contributed by atoms with Gasteiger partial charge in [-0.25, -0.2) is 8.42 Å². The van der Waals surface area contributed by atoms with E-state index in [9.17, 15) is 8.42 Å². The largest absolute Gasteiger partial charge is 0.296 e. The minimum atomic E-state index is -4.00. The molecular weight excluding hydrogens is 333 g/mol. The van der Waals surface area contributed by atoms with Gasteiger partial charge in [0.05, 0.1) is 0 Å². The second kappa shape index (κ2) is 5.26. The number of hydrogen-bond acceptors (Lipinski definition) is 4. The zero-order chi connectivity index (χ0) is 16.0. The fourth-order valence-corrected chi connectivity index (χ4v) is 3.23. The van der Waals surface area contributed by atoms with Gasteiger partial charge in [-0.2, -0.15) is 0 Å². The van der Waals surface area contributed by atoms with E-state index >= 15 is 0 Å². The molecule has 0 amide bonds. The molecule has 21 heavy (non-hydrogen) atoms. The summed E-state index contributed by atoms with van der Waals surface area (Å²) in [5.74, 6) is 0.418. The van der Waals surface area contributed by atoms with Crippen molar-refractivity contribution >= 4 is 31.3 Å². The first-order valence-electron chi connectivity index (χ1n) is 6.19. The lowest BCUT2D eigenvalue weighted by Gasteiger charge is -2.24. The van der Waals surface area contributed by atoms with Crippen LogP contribution in [0.5, 0.6) is 0 Å². The highest BCUT2D eigenvalue weighted by Crippen LogP contribution is 2.32. The van der Waals surface area contributed by atoms with Gasteiger partial charge in [-0.1, -0.05) is 17.7 Å². The second-order valence-corrected chi connectivity index (χ2v) is 8.61. The molecule has 5 nitrogen and oxygen atoms in total. The van der Waals surface area contributed by atoms with Gasteiger partial charge in [0.25, 0.3) is 14.2 Å². The van der Waals surface area contributed by atoms with Crippen molar-refractivity contribution in [2.75, 3.05) is 0 Å². The van der Waals surface area contributed by atoms with E-state index in [2.05, 4.69) is 10.2 Å². The van der Waals surface area contributed by atoms with E-state index in [1.165, 1.54) is 4.57 Å². The van der Waals surface area contributed by atoms with Crippen molar-refractivity contribution in [2.24, 2.45) is 0 Å². The maximum Gasteiger partial charge on any atom is 0.296 e.